The van der Waals surface area contributed by atoms with E-state index in [1.54, 1.807) is 11.2 Å². The van der Waals surface area contributed by atoms with Gasteiger partial charge in [0.05, 0.1) is 5.69 Å². The van der Waals surface area contributed by atoms with E-state index in [0.717, 1.165) is 17.1 Å². The molecule has 1 aliphatic heterocycles. The van der Waals surface area contributed by atoms with Crippen LogP contribution >= 0.6 is 0 Å². The predicted octanol–water partition coefficient (Wildman–Crippen LogP) is 3.59. The number of Topliss-reactive ketones (excluding diaryl/α,β-unsaturated/α-hetero) is 1. The highest BCUT2D eigenvalue weighted by atomic mass is 19.1. The number of hydrogen-bond donors (Lipinski definition) is 0. The summed E-state index contributed by atoms with van der Waals surface area (Å²) in [5.74, 6) is 0.265. The number of hydrogen-bond acceptors (Lipinski definition) is 5. The van der Waals surface area contributed by atoms with E-state index >= 15 is 0 Å². The van der Waals surface area contributed by atoms with Crippen molar-refractivity contribution in [2.75, 3.05) is 31.1 Å². The smallest absolute Gasteiger partial charge is 0.223 e. The Labute approximate surface area is 180 Å². The summed E-state index contributed by atoms with van der Waals surface area (Å²) in [5, 5.41) is 0. The fraction of sp³-hybridized carbons (Fsp3) is 0.250. The van der Waals surface area contributed by atoms with E-state index < -0.39 is 0 Å². The lowest BCUT2D eigenvalue weighted by Crippen LogP contribution is -2.49. The summed E-state index contributed by atoms with van der Waals surface area (Å²) in [7, 11) is 0. The molecule has 0 saturated carbocycles. The first kappa shape index (κ1) is 20.7. The van der Waals surface area contributed by atoms with Crippen LogP contribution in [0.1, 0.15) is 23.2 Å². The molecule has 0 aliphatic carbocycles. The third-order valence-electron chi connectivity index (χ3n) is 5.41. The summed E-state index contributed by atoms with van der Waals surface area (Å²) in [6, 6.07) is 17.3. The topological polar surface area (TPSA) is 66.4 Å². The fourth-order valence-electron chi connectivity index (χ4n) is 3.63. The van der Waals surface area contributed by atoms with Crippen LogP contribution in [0.4, 0.5) is 10.2 Å². The number of benzene rings is 2. The molecule has 3 aromatic rings. The molecule has 7 heteroatoms. The van der Waals surface area contributed by atoms with E-state index in [0.29, 0.717) is 31.7 Å². The Kier molecular flexibility index (Phi) is 6.31. The van der Waals surface area contributed by atoms with Crippen LogP contribution in [0.25, 0.3) is 11.3 Å². The zero-order valence-corrected chi connectivity index (χ0v) is 17.1. The minimum Gasteiger partial charge on any atom is -0.353 e. The van der Waals surface area contributed by atoms with Crippen LogP contribution in [-0.4, -0.2) is 52.7 Å². The Balaban J connectivity index is 1.30. The average Bonchev–Trinajstić information content (AvgIpc) is 2.83. The van der Waals surface area contributed by atoms with Crippen molar-refractivity contribution < 1.29 is 14.0 Å². The molecule has 1 saturated heterocycles. The molecule has 1 aliphatic rings. The van der Waals surface area contributed by atoms with Gasteiger partial charge in [-0.1, -0.05) is 30.3 Å². The van der Waals surface area contributed by atoms with Crippen molar-refractivity contribution in [2.45, 2.75) is 12.8 Å². The molecular weight excluding hydrogens is 395 g/mol. The van der Waals surface area contributed by atoms with Gasteiger partial charge in [-0.3, -0.25) is 9.59 Å². The van der Waals surface area contributed by atoms with Crippen LogP contribution in [0.3, 0.4) is 0 Å². The zero-order chi connectivity index (χ0) is 21.6. The SMILES string of the molecule is O=C(CCC(=O)N1CCN(c2cc(-c3ccccc3)ncn2)CC1)c1ccc(F)cc1. The number of ketones is 1. The van der Waals surface area contributed by atoms with Gasteiger partial charge in [-0.25, -0.2) is 14.4 Å². The van der Waals surface area contributed by atoms with E-state index in [-0.39, 0.29) is 30.3 Å². The quantitative estimate of drug-likeness (QED) is 0.573. The van der Waals surface area contributed by atoms with E-state index in [1.165, 1.54) is 24.3 Å². The molecule has 1 amide bonds. The Hall–Kier alpha value is -3.61. The maximum Gasteiger partial charge on any atom is 0.223 e. The first-order chi connectivity index (χ1) is 15.1. The van der Waals surface area contributed by atoms with Gasteiger partial charge in [-0.05, 0) is 24.3 Å². The van der Waals surface area contributed by atoms with Crippen LogP contribution in [0.5, 0.6) is 0 Å². The van der Waals surface area contributed by atoms with Gasteiger partial charge in [-0.15, -0.1) is 0 Å². The minimum atomic E-state index is -0.384. The lowest BCUT2D eigenvalue weighted by molar-refractivity contribution is -0.131. The van der Waals surface area contributed by atoms with Gasteiger partial charge >= 0.3 is 0 Å². The van der Waals surface area contributed by atoms with Gasteiger partial charge in [0.1, 0.15) is 18.0 Å². The van der Waals surface area contributed by atoms with Crippen molar-refractivity contribution in [1.29, 1.82) is 0 Å². The molecule has 4 rings (SSSR count). The van der Waals surface area contributed by atoms with E-state index in [4.69, 9.17) is 0 Å². The molecule has 1 aromatic heterocycles. The highest BCUT2D eigenvalue weighted by Gasteiger charge is 2.23. The van der Waals surface area contributed by atoms with Gasteiger partial charge in [0.15, 0.2) is 5.78 Å². The maximum atomic E-state index is 13.0. The predicted molar refractivity (Wildman–Crippen MR) is 116 cm³/mol. The molecule has 2 aromatic carbocycles. The van der Waals surface area contributed by atoms with E-state index in [2.05, 4.69) is 14.9 Å². The van der Waals surface area contributed by atoms with Crippen LogP contribution in [-0.2, 0) is 4.79 Å². The molecular formula is C24H23FN4O2. The molecule has 0 N–H and O–H groups in total. The molecule has 31 heavy (non-hydrogen) atoms. The zero-order valence-electron chi connectivity index (χ0n) is 17.1. The summed E-state index contributed by atoms with van der Waals surface area (Å²) in [6.07, 6.45) is 1.84. The Morgan fingerprint density at radius 3 is 2.29 bits per heavy atom. The third-order valence-corrected chi connectivity index (χ3v) is 5.41. The molecule has 0 radical (unpaired) electrons. The first-order valence-electron chi connectivity index (χ1n) is 10.3. The third kappa shape index (κ3) is 5.12. The number of amides is 1. The van der Waals surface area contributed by atoms with Crippen molar-refractivity contribution in [2.24, 2.45) is 0 Å². The highest BCUT2D eigenvalue weighted by molar-refractivity contribution is 5.97. The minimum absolute atomic E-state index is 0.0391. The molecule has 2 heterocycles. The lowest BCUT2D eigenvalue weighted by Gasteiger charge is -2.35. The van der Waals surface area contributed by atoms with Gasteiger partial charge in [0.2, 0.25) is 5.91 Å². The van der Waals surface area contributed by atoms with Crippen molar-refractivity contribution in [3.8, 4) is 11.3 Å². The number of carbonyl (C=O) groups is 2. The molecule has 1 fully saturated rings. The van der Waals surface area contributed by atoms with Gasteiger partial charge < -0.3 is 9.80 Å². The Bertz CT molecular complexity index is 1050. The number of halogens is 1. The second kappa shape index (κ2) is 9.47. The Morgan fingerprint density at radius 1 is 0.871 bits per heavy atom. The summed E-state index contributed by atoms with van der Waals surface area (Å²) in [4.78, 5) is 37.4. The number of nitrogens with zero attached hydrogens (tertiary/aromatic N) is 4. The number of piperazine rings is 1. The average molecular weight is 418 g/mol. The van der Waals surface area contributed by atoms with E-state index in [9.17, 15) is 14.0 Å². The van der Waals surface area contributed by atoms with E-state index in [1.807, 2.05) is 36.4 Å². The largest absolute Gasteiger partial charge is 0.353 e. The summed E-state index contributed by atoms with van der Waals surface area (Å²) < 4.78 is 13.0. The normalized spacial score (nSPS) is 13.8. The molecule has 0 spiro atoms. The lowest BCUT2D eigenvalue weighted by atomic mass is 10.1. The van der Waals surface area contributed by atoms with Gasteiger partial charge in [-0.2, -0.15) is 0 Å². The maximum absolute atomic E-state index is 13.0. The van der Waals surface area contributed by atoms with Gasteiger partial charge in [0.25, 0.3) is 0 Å². The Morgan fingerprint density at radius 2 is 1.58 bits per heavy atom. The fourth-order valence-corrected chi connectivity index (χ4v) is 3.63. The monoisotopic (exact) mass is 418 g/mol. The second-order valence-electron chi connectivity index (χ2n) is 7.43. The second-order valence-corrected chi connectivity index (χ2v) is 7.43. The highest BCUT2D eigenvalue weighted by Crippen LogP contribution is 2.21. The van der Waals surface area contributed by atoms with Crippen molar-refractivity contribution in [3.63, 3.8) is 0 Å². The molecule has 0 bridgehead atoms. The van der Waals surface area contributed by atoms with Crippen molar-refractivity contribution in [1.82, 2.24) is 14.9 Å². The number of carbonyl (C=O) groups excluding carboxylic acids is 2. The summed E-state index contributed by atoms with van der Waals surface area (Å²) in [5.41, 5.74) is 2.33. The summed E-state index contributed by atoms with van der Waals surface area (Å²) in [6.45, 7) is 2.49. The number of aromatic nitrogens is 2. The van der Waals surface area contributed by atoms with Crippen LogP contribution < -0.4 is 4.90 Å². The van der Waals surface area contributed by atoms with Crippen molar-refractivity contribution in [3.05, 3.63) is 78.4 Å². The molecule has 0 atom stereocenters. The number of anilines is 1. The first-order valence-corrected chi connectivity index (χ1v) is 10.3. The van der Waals surface area contributed by atoms with Crippen LogP contribution in [0, 0.1) is 5.82 Å². The van der Waals surface area contributed by atoms with Gasteiger partial charge in [0, 0.05) is 56.2 Å². The molecule has 6 nitrogen and oxygen atoms in total. The van der Waals surface area contributed by atoms with Crippen LogP contribution in [0.15, 0.2) is 67.0 Å². The number of rotatable bonds is 6. The molecule has 158 valence electrons. The molecule has 0 unspecified atom stereocenters. The van der Waals surface area contributed by atoms with Crippen LogP contribution in [0.2, 0.25) is 0 Å². The van der Waals surface area contributed by atoms with Crippen molar-refractivity contribution >= 4 is 17.5 Å². The summed E-state index contributed by atoms with van der Waals surface area (Å²) >= 11 is 0. The standard InChI is InChI=1S/C24H23FN4O2/c25-20-8-6-19(7-9-20)22(30)10-11-24(31)29-14-12-28(13-15-29)23-16-21(26-17-27-23)18-4-2-1-3-5-18/h1-9,16-17H,10-15H2.